The van der Waals surface area contributed by atoms with Crippen molar-refractivity contribution in [1.29, 1.82) is 0 Å². The van der Waals surface area contributed by atoms with Crippen molar-refractivity contribution in [1.82, 2.24) is 0 Å². The zero-order valence-corrected chi connectivity index (χ0v) is 18.5. The third-order valence-electron chi connectivity index (χ3n) is 5.93. The molecular weight excluding hydrogens is 451 g/mol. The van der Waals surface area contributed by atoms with Crippen molar-refractivity contribution in [3.05, 3.63) is 82.0 Å². The van der Waals surface area contributed by atoms with E-state index < -0.39 is 43.2 Å². The highest BCUT2D eigenvalue weighted by atomic mass is 32.1. The van der Waals surface area contributed by atoms with Gasteiger partial charge < -0.3 is 25.2 Å². The van der Waals surface area contributed by atoms with Crippen molar-refractivity contribution in [3.8, 4) is 10.4 Å². The van der Waals surface area contributed by atoms with Gasteiger partial charge in [0.25, 0.3) is 0 Å². The molecule has 0 spiro atoms. The number of benzene rings is 2. The van der Waals surface area contributed by atoms with Crippen LogP contribution in [0.3, 0.4) is 0 Å². The van der Waals surface area contributed by atoms with E-state index in [0.717, 1.165) is 16.0 Å². The van der Waals surface area contributed by atoms with Crippen LogP contribution in [0.25, 0.3) is 10.4 Å². The molecule has 1 fully saturated rings. The predicted molar refractivity (Wildman–Crippen MR) is 119 cm³/mol. The highest BCUT2D eigenvalue weighted by Crippen LogP contribution is 2.39. The lowest BCUT2D eigenvalue weighted by molar-refractivity contribution is -0.270. The van der Waals surface area contributed by atoms with Gasteiger partial charge in [-0.05, 0) is 59.5 Å². The number of aliphatic hydroxyl groups excluding tert-OH is 4. The van der Waals surface area contributed by atoms with Gasteiger partial charge in [-0.1, -0.05) is 24.3 Å². The lowest BCUT2D eigenvalue weighted by Crippen LogP contribution is -2.55. The molecule has 6 atom stereocenters. The van der Waals surface area contributed by atoms with Crippen molar-refractivity contribution in [2.24, 2.45) is 0 Å². The van der Waals surface area contributed by atoms with Crippen molar-refractivity contribution < 1.29 is 39.7 Å². The topological polar surface area (TPSA) is 120 Å². The molecule has 0 amide bonds. The first-order chi connectivity index (χ1) is 15.8. The monoisotopic (exact) mass is 476 g/mol. The Hall–Kier alpha value is -2.21. The van der Waals surface area contributed by atoms with Crippen LogP contribution in [-0.2, 0) is 9.62 Å². The van der Waals surface area contributed by atoms with Gasteiger partial charge in [0.05, 0.1) is 6.61 Å². The summed E-state index contributed by atoms with van der Waals surface area (Å²) in [7, 11) is 0. The normalized spacial score (nSPS) is 26.3. The second-order valence-corrected chi connectivity index (χ2v) is 9.18. The summed E-state index contributed by atoms with van der Waals surface area (Å²) in [5, 5.41) is 49.9. The van der Waals surface area contributed by atoms with E-state index >= 15 is 0 Å². The smallest absolute Gasteiger partial charge is 0.152 e. The van der Waals surface area contributed by atoms with Crippen LogP contribution in [0.4, 0.5) is 4.39 Å². The Labute approximate surface area is 193 Å². The van der Waals surface area contributed by atoms with E-state index in [4.69, 9.17) is 9.62 Å². The number of hydrogen-bond donors (Lipinski definition) is 5. The molecule has 1 unspecified atom stereocenters. The highest BCUT2D eigenvalue weighted by molar-refractivity contribution is 7.15. The van der Waals surface area contributed by atoms with E-state index in [-0.39, 0.29) is 5.82 Å². The van der Waals surface area contributed by atoms with Gasteiger partial charge in [0.1, 0.15) is 36.3 Å². The molecule has 33 heavy (non-hydrogen) atoms. The fourth-order valence-electron chi connectivity index (χ4n) is 4.02. The Morgan fingerprint density at radius 2 is 1.73 bits per heavy atom. The minimum absolute atomic E-state index is 0.326. The van der Waals surface area contributed by atoms with Gasteiger partial charge in [0.2, 0.25) is 0 Å². The number of aliphatic hydroxyl groups is 4. The second-order valence-electron chi connectivity index (χ2n) is 8.06. The maximum Gasteiger partial charge on any atom is 0.152 e. The molecule has 1 aliphatic heterocycles. The first kappa shape index (κ1) is 23.9. The Morgan fingerprint density at radius 1 is 1.00 bits per heavy atom. The maximum atomic E-state index is 13.2. The van der Waals surface area contributed by atoms with Crippen LogP contribution in [0.15, 0.2) is 54.6 Å². The van der Waals surface area contributed by atoms with Gasteiger partial charge in [-0.15, -0.1) is 11.3 Å². The van der Waals surface area contributed by atoms with Gasteiger partial charge in [-0.2, -0.15) is 0 Å². The Kier molecular flexibility index (Phi) is 7.22. The van der Waals surface area contributed by atoms with Crippen LogP contribution in [0.5, 0.6) is 0 Å². The van der Waals surface area contributed by atoms with Crippen molar-refractivity contribution in [3.63, 3.8) is 0 Å². The fourth-order valence-corrected chi connectivity index (χ4v) is 5.08. The molecule has 3 aromatic rings. The summed E-state index contributed by atoms with van der Waals surface area (Å²) in [6.45, 7) is 1.32. The van der Waals surface area contributed by atoms with E-state index in [1.165, 1.54) is 23.5 Å². The Bertz CT molecular complexity index is 1080. The van der Waals surface area contributed by atoms with Crippen molar-refractivity contribution >= 4 is 11.3 Å². The third-order valence-corrected chi connectivity index (χ3v) is 7.10. The van der Waals surface area contributed by atoms with Gasteiger partial charge in [-0.3, -0.25) is 5.26 Å². The predicted octanol–water partition coefficient (Wildman–Crippen LogP) is 2.96. The van der Waals surface area contributed by atoms with E-state index in [9.17, 15) is 30.1 Å². The van der Waals surface area contributed by atoms with Gasteiger partial charge in [-0.25, -0.2) is 9.28 Å². The molecule has 5 N–H and O–H groups in total. The molecule has 176 valence electrons. The minimum atomic E-state index is -1.49. The number of hydrogen-bond acceptors (Lipinski definition) is 8. The zero-order valence-electron chi connectivity index (χ0n) is 17.7. The molecule has 0 bridgehead atoms. The number of ether oxygens (including phenoxy) is 1. The number of rotatable bonds is 6. The molecule has 0 saturated carbocycles. The maximum absolute atomic E-state index is 13.2. The van der Waals surface area contributed by atoms with E-state index in [1.54, 1.807) is 30.3 Å². The summed E-state index contributed by atoms with van der Waals surface area (Å²) < 4.78 is 18.9. The van der Waals surface area contributed by atoms with E-state index in [1.807, 2.05) is 19.1 Å². The molecule has 1 aromatic heterocycles. The van der Waals surface area contributed by atoms with Crippen LogP contribution < -0.4 is 0 Å². The standard InChI is InChI=1S/C24H25FO7S/c1-12-2-3-14(23-22(29)21(28)20(27)17(11-26)31-23)10-16(12)24(32-30)19-9-8-18(33-19)13-4-6-15(25)7-5-13/h2-10,17,20-24,26-30H,11H2,1H3/t17-,20-,21+,22-,23-,24?/m1/s1. The summed E-state index contributed by atoms with van der Waals surface area (Å²) in [6, 6.07) is 14.9. The average molecular weight is 477 g/mol. The lowest BCUT2D eigenvalue weighted by atomic mass is 9.89. The van der Waals surface area contributed by atoms with Gasteiger partial charge >= 0.3 is 0 Å². The summed E-state index contributed by atoms with van der Waals surface area (Å²) in [6.07, 6.45) is -7.23. The average Bonchev–Trinajstić information content (AvgIpc) is 3.30. The number of thiophene rings is 1. The van der Waals surface area contributed by atoms with Gasteiger partial charge in [0.15, 0.2) is 6.10 Å². The van der Waals surface area contributed by atoms with Crippen LogP contribution >= 0.6 is 11.3 Å². The van der Waals surface area contributed by atoms with Crippen molar-refractivity contribution in [2.45, 2.75) is 43.5 Å². The fraction of sp³-hybridized carbons (Fsp3) is 0.333. The SMILES string of the molecule is Cc1ccc([C@H]2O[C@H](CO)[C@@H](O)[C@H](O)[C@H]2O)cc1C(OO)c1ccc(-c2ccc(F)cc2)s1. The summed E-state index contributed by atoms with van der Waals surface area (Å²) in [5.41, 5.74) is 2.74. The van der Waals surface area contributed by atoms with Crippen LogP contribution in [0.2, 0.25) is 0 Å². The third kappa shape index (κ3) is 4.72. The lowest BCUT2D eigenvalue weighted by Gasteiger charge is -2.40. The van der Waals surface area contributed by atoms with Crippen LogP contribution in [0.1, 0.15) is 33.8 Å². The molecule has 7 nitrogen and oxygen atoms in total. The molecule has 4 rings (SSSR count). The van der Waals surface area contributed by atoms with Gasteiger partial charge in [0, 0.05) is 9.75 Å². The van der Waals surface area contributed by atoms with Crippen molar-refractivity contribution in [2.75, 3.05) is 6.61 Å². The molecule has 0 radical (unpaired) electrons. The number of halogens is 1. The summed E-state index contributed by atoms with van der Waals surface area (Å²) in [4.78, 5) is 6.41. The zero-order chi connectivity index (χ0) is 23.7. The molecule has 1 saturated heterocycles. The molecular formula is C24H25FO7S. The Balaban J connectivity index is 1.66. The first-order valence-corrected chi connectivity index (χ1v) is 11.2. The number of aryl methyl sites for hydroxylation is 1. The van der Waals surface area contributed by atoms with Crippen LogP contribution in [-0.4, -0.2) is 56.7 Å². The molecule has 0 aliphatic carbocycles. The van der Waals surface area contributed by atoms with Crippen LogP contribution in [0, 0.1) is 12.7 Å². The minimum Gasteiger partial charge on any atom is -0.394 e. The molecule has 2 heterocycles. The molecule has 1 aliphatic rings. The quantitative estimate of drug-likeness (QED) is 0.274. The highest BCUT2D eigenvalue weighted by Gasteiger charge is 2.44. The Morgan fingerprint density at radius 3 is 2.39 bits per heavy atom. The summed E-state index contributed by atoms with van der Waals surface area (Å²) in [5.74, 6) is -0.326. The largest absolute Gasteiger partial charge is 0.394 e. The van der Waals surface area contributed by atoms with E-state index in [2.05, 4.69) is 0 Å². The van der Waals surface area contributed by atoms with E-state index in [0.29, 0.717) is 16.0 Å². The molecule has 9 heteroatoms. The first-order valence-electron chi connectivity index (χ1n) is 10.4. The molecule has 2 aromatic carbocycles. The summed E-state index contributed by atoms with van der Waals surface area (Å²) >= 11 is 1.38. The second kappa shape index (κ2) is 9.96.